The summed E-state index contributed by atoms with van der Waals surface area (Å²) in [6, 6.07) is 11.0. The zero-order valence-electron chi connectivity index (χ0n) is 11.0. The Kier molecular flexibility index (Phi) is 4.58. The normalized spacial score (nSPS) is 12.7. The quantitative estimate of drug-likeness (QED) is 0.760. The first-order chi connectivity index (χ1) is 9.87. The molecule has 1 unspecified atom stereocenters. The largest absolute Gasteiger partial charge is 0.353 e. The van der Waals surface area contributed by atoms with Gasteiger partial charge in [-0.1, -0.05) is 47.0 Å². The van der Waals surface area contributed by atoms with Gasteiger partial charge in [-0.3, -0.25) is 4.85 Å². The molecule has 0 heterocycles. The Morgan fingerprint density at radius 2 is 1.57 bits per heavy atom. The highest BCUT2D eigenvalue weighted by atomic mass is 35.5. The summed E-state index contributed by atoms with van der Waals surface area (Å²) in [5.41, 5.74) is 1.06. The van der Waals surface area contributed by atoms with E-state index in [1.807, 2.05) is 6.92 Å². The lowest BCUT2D eigenvalue weighted by Gasteiger charge is -2.11. The third-order valence-corrected chi connectivity index (χ3v) is 5.52. The molecule has 0 aromatic heterocycles. The molecule has 0 N–H and O–H groups in total. The summed E-state index contributed by atoms with van der Waals surface area (Å²) in [7, 11) is -3.89. The summed E-state index contributed by atoms with van der Waals surface area (Å²) < 4.78 is 25.3. The third-order valence-electron chi connectivity index (χ3n) is 3.01. The van der Waals surface area contributed by atoms with E-state index in [4.69, 9.17) is 29.8 Å². The molecular weight excluding hydrogens is 329 g/mol. The Hall–Kier alpha value is -1.54. The van der Waals surface area contributed by atoms with Crippen molar-refractivity contribution in [3.63, 3.8) is 0 Å². The number of nitrogens with zero attached hydrogens (tertiary/aromatic N) is 1. The Morgan fingerprint density at radius 3 is 2.05 bits per heavy atom. The molecule has 0 radical (unpaired) electrons. The average Bonchev–Trinajstić information content (AvgIpc) is 2.43. The fraction of sp³-hybridized carbons (Fsp3) is 0.133. The zero-order chi connectivity index (χ0) is 15.6. The van der Waals surface area contributed by atoms with E-state index < -0.39 is 15.2 Å². The van der Waals surface area contributed by atoms with Crippen molar-refractivity contribution in [3.8, 4) is 0 Å². The molecule has 0 saturated heterocycles. The number of benzene rings is 2. The fourth-order valence-electron chi connectivity index (χ4n) is 1.89. The minimum Gasteiger partial charge on any atom is -0.291 e. The fourth-order valence-corrected chi connectivity index (χ4v) is 4.10. The van der Waals surface area contributed by atoms with Gasteiger partial charge in [0.2, 0.25) is 0 Å². The average molecular weight is 340 g/mol. The maximum atomic E-state index is 12.6. The lowest BCUT2D eigenvalue weighted by atomic mass is 10.2. The van der Waals surface area contributed by atoms with Crippen LogP contribution in [0.5, 0.6) is 0 Å². The summed E-state index contributed by atoms with van der Waals surface area (Å²) in [6.07, 6.45) is 0. The second-order valence-electron chi connectivity index (χ2n) is 4.47. The minimum atomic E-state index is -3.89. The van der Waals surface area contributed by atoms with E-state index in [1.165, 1.54) is 24.3 Å². The van der Waals surface area contributed by atoms with Crippen LogP contribution in [-0.4, -0.2) is 8.42 Å². The third kappa shape index (κ3) is 3.06. The Bertz CT molecular complexity index is 788. The van der Waals surface area contributed by atoms with Crippen LogP contribution < -0.4 is 0 Å². The monoisotopic (exact) mass is 339 g/mol. The number of aryl methyl sites for hydroxylation is 1. The van der Waals surface area contributed by atoms with Gasteiger partial charge in [-0.15, -0.1) is 0 Å². The molecule has 1 atom stereocenters. The summed E-state index contributed by atoms with van der Waals surface area (Å²) in [4.78, 5) is 3.32. The van der Waals surface area contributed by atoms with Crippen LogP contribution in [0.25, 0.3) is 4.85 Å². The number of rotatable bonds is 3. The van der Waals surface area contributed by atoms with Gasteiger partial charge in [0.05, 0.1) is 20.5 Å². The molecular formula is C15H11Cl2NO2S. The molecule has 0 aliphatic carbocycles. The first-order valence-electron chi connectivity index (χ1n) is 5.99. The lowest BCUT2D eigenvalue weighted by molar-refractivity contribution is 0.590. The van der Waals surface area contributed by atoms with Crippen LogP contribution in [0, 0.1) is 13.5 Å². The minimum absolute atomic E-state index is 0.0742. The van der Waals surface area contributed by atoms with Gasteiger partial charge in [-0.25, -0.2) is 15.0 Å². The van der Waals surface area contributed by atoms with Crippen molar-refractivity contribution < 1.29 is 8.42 Å². The van der Waals surface area contributed by atoms with E-state index in [1.54, 1.807) is 18.2 Å². The van der Waals surface area contributed by atoms with Crippen molar-refractivity contribution in [2.24, 2.45) is 0 Å². The van der Waals surface area contributed by atoms with Gasteiger partial charge in [0.25, 0.3) is 9.84 Å². The van der Waals surface area contributed by atoms with Crippen LogP contribution in [-0.2, 0) is 9.84 Å². The Labute approximate surface area is 133 Å². The molecule has 0 aliphatic rings. The zero-order valence-corrected chi connectivity index (χ0v) is 13.4. The van der Waals surface area contributed by atoms with E-state index in [2.05, 4.69) is 4.85 Å². The first-order valence-corrected chi connectivity index (χ1v) is 8.29. The molecule has 21 heavy (non-hydrogen) atoms. The van der Waals surface area contributed by atoms with Crippen molar-refractivity contribution in [2.45, 2.75) is 17.2 Å². The van der Waals surface area contributed by atoms with Crippen LogP contribution in [0.3, 0.4) is 0 Å². The van der Waals surface area contributed by atoms with Crippen molar-refractivity contribution >= 4 is 33.0 Å². The maximum Gasteiger partial charge on any atom is 0.353 e. The summed E-state index contributed by atoms with van der Waals surface area (Å²) >= 11 is 12.1. The predicted molar refractivity (Wildman–Crippen MR) is 84.2 cm³/mol. The second kappa shape index (κ2) is 6.07. The van der Waals surface area contributed by atoms with Gasteiger partial charge >= 0.3 is 5.37 Å². The molecule has 2 aromatic carbocycles. The van der Waals surface area contributed by atoms with Gasteiger partial charge < -0.3 is 0 Å². The molecule has 6 heteroatoms. The standard InChI is InChI=1S/C15H11Cl2NO2S/c1-10-6-8-11(9-7-10)21(19,20)15(18-2)14-12(16)4-3-5-13(14)17/h3-9,15H,1H3. The molecule has 0 amide bonds. The second-order valence-corrected chi connectivity index (χ2v) is 7.30. The molecule has 108 valence electrons. The van der Waals surface area contributed by atoms with E-state index >= 15 is 0 Å². The topological polar surface area (TPSA) is 38.5 Å². The summed E-state index contributed by atoms with van der Waals surface area (Å²) in [5, 5.41) is -1.13. The molecule has 0 saturated carbocycles. The van der Waals surface area contributed by atoms with Gasteiger partial charge in [0, 0.05) is 0 Å². The van der Waals surface area contributed by atoms with Crippen LogP contribution in [0.4, 0.5) is 0 Å². The predicted octanol–water partition coefficient (Wildman–Crippen LogP) is 4.69. The number of sulfone groups is 1. The SMILES string of the molecule is [C-]#[N+]C(c1c(Cl)cccc1Cl)S(=O)(=O)c1ccc(C)cc1. The molecule has 0 aliphatic heterocycles. The van der Waals surface area contributed by atoms with Crippen LogP contribution >= 0.6 is 23.2 Å². The van der Waals surface area contributed by atoms with E-state index in [0.717, 1.165) is 5.56 Å². The Morgan fingerprint density at radius 1 is 1.05 bits per heavy atom. The summed E-state index contributed by atoms with van der Waals surface area (Å²) in [6.45, 7) is 9.12. The molecule has 0 fully saturated rings. The Balaban J connectivity index is 2.61. The molecule has 2 rings (SSSR count). The number of hydrogen-bond acceptors (Lipinski definition) is 2. The van der Waals surface area contributed by atoms with Crippen molar-refractivity contribution in [2.75, 3.05) is 0 Å². The van der Waals surface area contributed by atoms with Crippen LogP contribution in [0.1, 0.15) is 16.5 Å². The van der Waals surface area contributed by atoms with Crippen molar-refractivity contribution in [1.29, 1.82) is 0 Å². The van der Waals surface area contributed by atoms with E-state index in [9.17, 15) is 8.42 Å². The van der Waals surface area contributed by atoms with Gasteiger partial charge in [-0.05, 0) is 31.2 Å². The van der Waals surface area contributed by atoms with Gasteiger partial charge in [0.15, 0.2) is 0 Å². The maximum absolute atomic E-state index is 12.6. The van der Waals surface area contributed by atoms with Crippen molar-refractivity contribution in [3.05, 3.63) is 75.1 Å². The highest BCUT2D eigenvalue weighted by Crippen LogP contribution is 2.38. The van der Waals surface area contributed by atoms with Crippen molar-refractivity contribution in [1.82, 2.24) is 0 Å². The molecule has 0 bridgehead atoms. The highest BCUT2D eigenvalue weighted by molar-refractivity contribution is 7.91. The highest BCUT2D eigenvalue weighted by Gasteiger charge is 2.37. The first kappa shape index (κ1) is 15.8. The van der Waals surface area contributed by atoms with Crippen LogP contribution in [0.15, 0.2) is 47.4 Å². The van der Waals surface area contributed by atoms with E-state index in [0.29, 0.717) is 0 Å². The molecule has 2 aromatic rings. The summed E-state index contributed by atoms with van der Waals surface area (Å²) in [5.74, 6) is 0. The lowest BCUT2D eigenvalue weighted by Crippen LogP contribution is -2.11. The van der Waals surface area contributed by atoms with Gasteiger partial charge in [-0.2, -0.15) is 0 Å². The van der Waals surface area contributed by atoms with Crippen LogP contribution in [0.2, 0.25) is 10.0 Å². The smallest absolute Gasteiger partial charge is 0.291 e. The number of halogens is 2. The van der Waals surface area contributed by atoms with Gasteiger partial charge in [0.1, 0.15) is 0 Å². The molecule has 0 spiro atoms. The number of hydrogen-bond donors (Lipinski definition) is 0. The van der Waals surface area contributed by atoms with E-state index in [-0.39, 0.29) is 20.5 Å². The molecule has 3 nitrogen and oxygen atoms in total.